The molecule has 0 fully saturated rings. The van der Waals surface area contributed by atoms with Crippen LogP contribution in [0.5, 0.6) is 0 Å². The van der Waals surface area contributed by atoms with Gasteiger partial charge in [-0.3, -0.25) is 16.0 Å². The Morgan fingerprint density at radius 2 is 2.20 bits per heavy atom. The molecule has 0 saturated carbocycles. The summed E-state index contributed by atoms with van der Waals surface area (Å²) >= 11 is 1.64. The highest BCUT2D eigenvalue weighted by Gasteiger charge is 2.17. The average molecular weight is 287 g/mol. The first-order valence-corrected chi connectivity index (χ1v) is 7.35. The van der Waals surface area contributed by atoms with E-state index in [0.29, 0.717) is 0 Å². The first-order valence-electron chi connectivity index (χ1n) is 6.48. The van der Waals surface area contributed by atoms with Crippen molar-refractivity contribution in [3.05, 3.63) is 46.0 Å². The van der Waals surface area contributed by atoms with Crippen LogP contribution in [0.4, 0.5) is 0 Å². The predicted molar refractivity (Wildman–Crippen MR) is 81.3 cm³/mol. The summed E-state index contributed by atoms with van der Waals surface area (Å²) in [7, 11) is 1.96. The lowest BCUT2D eigenvalue weighted by Gasteiger charge is -2.12. The number of thiazole rings is 1. The van der Waals surface area contributed by atoms with Gasteiger partial charge in [0.1, 0.15) is 0 Å². The number of benzene rings is 1. The van der Waals surface area contributed by atoms with Crippen molar-refractivity contribution < 1.29 is 0 Å². The summed E-state index contributed by atoms with van der Waals surface area (Å²) in [5.74, 6) is 5.69. The zero-order chi connectivity index (χ0) is 14.1. The van der Waals surface area contributed by atoms with Crippen molar-refractivity contribution in [2.24, 2.45) is 12.9 Å². The smallest absolute Gasteiger partial charge is 0.0898 e. The van der Waals surface area contributed by atoms with Crippen LogP contribution in [0.2, 0.25) is 0 Å². The van der Waals surface area contributed by atoms with E-state index >= 15 is 0 Å². The Labute approximate surface area is 121 Å². The highest BCUT2D eigenvalue weighted by Crippen LogP contribution is 2.24. The van der Waals surface area contributed by atoms with E-state index in [2.05, 4.69) is 27.6 Å². The maximum absolute atomic E-state index is 5.69. The molecule has 20 heavy (non-hydrogen) atoms. The molecule has 3 aromatic rings. The molecular weight excluding hydrogens is 270 g/mol. The monoisotopic (exact) mass is 287 g/mol. The van der Waals surface area contributed by atoms with Gasteiger partial charge >= 0.3 is 0 Å². The molecule has 6 heteroatoms. The number of rotatable bonds is 4. The molecule has 0 spiro atoms. The lowest BCUT2D eigenvalue weighted by Crippen LogP contribution is -2.30. The molecule has 0 amide bonds. The second-order valence-electron chi connectivity index (χ2n) is 4.80. The third kappa shape index (κ3) is 2.33. The molecule has 0 aliphatic rings. The van der Waals surface area contributed by atoms with Crippen LogP contribution in [-0.2, 0) is 13.5 Å². The van der Waals surface area contributed by atoms with E-state index in [9.17, 15) is 0 Å². The SMILES string of the molecule is Cc1nc(C(Cc2nn(C)c3ccccc23)NN)cs1. The minimum absolute atomic E-state index is 0.0155. The Morgan fingerprint density at radius 3 is 2.90 bits per heavy atom. The van der Waals surface area contributed by atoms with Crippen molar-refractivity contribution in [1.82, 2.24) is 20.2 Å². The third-order valence-corrected chi connectivity index (χ3v) is 4.22. The minimum Gasteiger partial charge on any atom is -0.271 e. The van der Waals surface area contributed by atoms with Gasteiger partial charge in [-0.15, -0.1) is 11.3 Å². The molecule has 2 aromatic heterocycles. The number of aryl methyl sites for hydroxylation is 2. The number of fused-ring (bicyclic) bond motifs is 1. The first-order chi connectivity index (χ1) is 9.69. The second-order valence-corrected chi connectivity index (χ2v) is 5.86. The number of para-hydroxylation sites is 1. The van der Waals surface area contributed by atoms with Gasteiger partial charge in [-0.1, -0.05) is 18.2 Å². The Bertz CT molecular complexity index is 730. The molecule has 0 saturated heterocycles. The highest BCUT2D eigenvalue weighted by molar-refractivity contribution is 7.09. The molecule has 1 atom stereocenters. The fourth-order valence-electron chi connectivity index (χ4n) is 2.42. The maximum atomic E-state index is 5.69. The Kier molecular flexibility index (Phi) is 3.52. The number of nitrogens with zero attached hydrogens (tertiary/aromatic N) is 3. The molecule has 0 aliphatic heterocycles. The zero-order valence-electron chi connectivity index (χ0n) is 11.5. The lowest BCUT2D eigenvalue weighted by molar-refractivity contribution is 0.532. The molecule has 1 unspecified atom stereocenters. The second kappa shape index (κ2) is 5.32. The van der Waals surface area contributed by atoms with Crippen LogP contribution in [-0.4, -0.2) is 14.8 Å². The van der Waals surface area contributed by atoms with Crippen molar-refractivity contribution >= 4 is 22.2 Å². The molecule has 1 aromatic carbocycles. The van der Waals surface area contributed by atoms with E-state index in [0.717, 1.165) is 28.3 Å². The summed E-state index contributed by atoms with van der Waals surface area (Å²) in [4.78, 5) is 4.51. The molecular formula is C14H17N5S. The molecule has 0 bridgehead atoms. The van der Waals surface area contributed by atoms with Crippen molar-refractivity contribution in [2.45, 2.75) is 19.4 Å². The van der Waals surface area contributed by atoms with Crippen molar-refractivity contribution in [3.8, 4) is 0 Å². The Hall–Kier alpha value is -1.76. The number of nitrogens with two attached hydrogens (primary N) is 1. The Morgan fingerprint density at radius 1 is 1.40 bits per heavy atom. The van der Waals surface area contributed by atoms with Gasteiger partial charge < -0.3 is 0 Å². The summed E-state index contributed by atoms with van der Waals surface area (Å²) in [6.07, 6.45) is 0.723. The minimum atomic E-state index is -0.0155. The third-order valence-electron chi connectivity index (χ3n) is 3.43. The summed E-state index contributed by atoms with van der Waals surface area (Å²) < 4.78 is 1.91. The largest absolute Gasteiger partial charge is 0.271 e. The molecule has 2 heterocycles. The van der Waals surface area contributed by atoms with Gasteiger partial charge in [-0.25, -0.2) is 4.98 Å². The highest BCUT2D eigenvalue weighted by atomic mass is 32.1. The van der Waals surface area contributed by atoms with E-state index in [4.69, 9.17) is 5.84 Å². The normalized spacial score (nSPS) is 12.9. The zero-order valence-corrected chi connectivity index (χ0v) is 12.3. The van der Waals surface area contributed by atoms with Crippen LogP contribution in [0.15, 0.2) is 29.6 Å². The van der Waals surface area contributed by atoms with Gasteiger partial charge in [0, 0.05) is 24.2 Å². The van der Waals surface area contributed by atoms with Crippen molar-refractivity contribution in [1.29, 1.82) is 0 Å². The number of hydrogen-bond acceptors (Lipinski definition) is 5. The number of nitrogens with one attached hydrogen (secondary N) is 1. The van der Waals surface area contributed by atoms with Crippen molar-refractivity contribution in [2.75, 3.05) is 0 Å². The van der Waals surface area contributed by atoms with Crippen LogP contribution < -0.4 is 11.3 Å². The quantitative estimate of drug-likeness (QED) is 0.569. The Balaban J connectivity index is 1.95. The van der Waals surface area contributed by atoms with Gasteiger partial charge in [0.2, 0.25) is 0 Å². The van der Waals surface area contributed by atoms with Crippen molar-refractivity contribution in [3.63, 3.8) is 0 Å². The molecule has 3 N–H and O–H groups in total. The van der Waals surface area contributed by atoms with E-state index in [-0.39, 0.29) is 6.04 Å². The molecule has 5 nitrogen and oxygen atoms in total. The van der Waals surface area contributed by atoms with Crippen LogP contribution in [0, 0.1) is 6.92 Å². The molecule has 0 aliphatic carbocycles. The lowest BCUT2D eigenvalue weighted by atomic mass is 10.1. The number of aromatic nitrogens is 3. The fraction of sp³-hybridized carbons (Fsp3) is 0.286. The molecule has 0 radical (unpaired) electrons. The predicted octanol–water partition coefficient (Wildman–Crippen LogP) is 2.09. The standard InChI is InChI=1S/C14H17N5S/c1-9-16-13(8-20-9)12(17-15)7-11-10-5-3-4-6-14(10)19(2)18-11/h3-6,8,12,17H,7,15H2,1-2H3. The topological polar surface area (TPSA) is 68.8 Å². The number of hydrogen-bond donors (Lipinski definition) is 2. The van der Waals surface area contributed by atoms with Crippen LogP contribution in [0.1, 0.15) is 22.4 Å². The number of hydrazine groups is 1. The fourth-order valence-corrected chi connectivity index (χ4v) is 3.09. The summed E-state index contributed by atoms with van der Waals surface area (Å²) in [5.41, 5.74) is 6.00. The van der Waals surface area contributed by atoms with E-state index in [1.54, 1.807) is 11.3 Å². The van der Waals surface area contributed by atoms with E-state index in [1.807, 2.05) is 36.2 Å². The summed E-state index contributed by atoms with van der Waals surface area (Å²) in [6.45, 7) is 2.00. The van der Waals surface area contributed by atoms with E-state index in [1.165, 1.54) is 5.39 Å². The van der Waals surface area contributed by atoms with Gasteiger partial charge in [0.25, 0.3) is 0 Å². The van der Waals surface area contributed by atoms with Gasteiger partial charge in [-0.2, -0.15) is 5.10 Å². The van der Waals surface area contributed by atoms with E-state index < -0.39 is 0 Å². The average Bonchev–Trinajstić information content (AvgIpc) is 3.01. The summed E-state index contributed by atoms with van der Waals surface area (Å²) in [6, 6.07) is 8.21. The molecule has 104 valence electrons. The van der Waals surface area contributed by atoms with Gasteiger partial charge in [0.05, 0.1) is 28.0 Å². The van der Waals surface area contributed by atoms with Gasteiger partial charge in [-0.05, 0) is 13.0 Å². The van der Waals surface area contributed by atoms with Crippen LogP contribution in [0.3, 0.4) is 0 Å². The van der Waals surface area contributed by atoms with Crippen LogP contribution in [0.25, 0.3) is 10.9 Å². The van der Waals surface area contributed by atoms with Crippen LogP contribution >= 0.6 is 11.3 Å². The first kappa shape index (κ1) is 13.2. The maximum Gasteiger partial charge on any atom is 0.0898 e. The summed E-state index contributed by atoms with van der Waals surface area (Å²) in [5, 5.41) is 8.87. The molecule has 3 rings (SSSR count). The van der Waals surface area contributed by atoms with Gasteiger partial charge in [0.15, 0.2) is 0 Å².